The van der Waals surface area contributed by atoms with Crippen molar-refractivity contribution in [1.82, 2.24) is 9.88 Å². The van der Waals surface area contributed by atoms with Gasteiger partial charge in [0, 0.05) is 32.0 Å². The number of amides is 1. The second-order valence-corrected chi connectivity index (χ2v) is 6.63. The summed E-state index contributed by atoms with van der Waals surface area (Å²) in [5.74, 6) is 0.220. The Morgan fingerprint density at radius 2 is 2.08 bits per heavy atom. The molecule has 3 rings (SSSR count). The molecule has 0 unspecified atom stereocenters. The minimum Gasteiger partial charge on any atom is -0.379 e. The summed E-state index contributed by atoms with van der Waals surface area (Å²) in [4.78, 5) is 20.1. The molecule has 0 saturated carbocycles. The van der Waals surface area contributed by atoms with E-state index in [1.165, 1.54) is 0 Å². The van der Waals surface area contributed by atoms with Crippen LogP contribution in [0, 0.1) is 0 Å². The molecule has 1 aliphatic heterocycles. The van der Waals surface area contributed by atoms with E-state index in [-0.39, 0.29) is 6.54 Å². The van der Waals surface area contributed by atoms with Crippen LogP contribution in [0.1, 0.15) is 18.4 Å². The van der Waals surface area contributed by atoms with Crippen LogP contribution in [0.25, 0.3) is 0 Å². The number of rotatable bonds is 5. The summed E-state index contributed by atoms with van der Waals surface area (Å²) in [5, 5.41) is 10.3. The molecule has 6 heteroatoms. The molecule has 1 aliphatic rings. The molecule has 1 saturated heterocycles. The fraction of sp³-hybridized carbons (Fsp3) is 0.368. The number of para-hydroxylation sites is 1. The molecular formula is C19H24N4O2. The molecule has 1 aromatic heterocycles. The third-order valence-electron chi connectivity index (χ3n) is 4.71. The molecule has 1 amide bonds. The van der Waals surface area contributed by atoms with Gasteiger partial charge in [-0.25, -0.2) is 4.98 Å². The Labute approximate surface area is 147 Å². The number of hydrogen-bond acceptors (Lipinski definition) is 5. The van der Waals surface area contributed by atoms with E-state index in [0.29, 0.717) is 13.0 Å². The van der Waals surface area contributed by atoms with Gasteiger partial charge in [-0.1, -0.05) is 24.3 Å². The van der Waals surface area contributed by atoms with Crippen molar-refractivity contribution in [2.24, 2.45) is 5.73 Å². The first kappa shape index (κ1) is 17.4. The van der Waals surface area contributed by atoms with Gasteiger partial charge in [0.1, 0.15) is 5.82 Å². The SMILES string of the molecule is CN(c1ccccc1)c1ccc(CN2CCC[C@](O)(C(N)=O)C2)cn1. The van der Waals surface area contributed by atoms with Crippen molar-refractivity contribution in [3.8, 4) is 0 Å². The van der Waals surface area contributed by atoms with Crippen molar-refractivity contribution in [2.45, 2.75) is 25.0 Å². The monoisotopic (exact) mass is 340 g/mol. The van der Waals surface area contributed by atoms with Gasteiger partial charge in [0.2, 0.25) is 0 Å². The van der Waals surface area contributed by atoms with Crippen LogP contribution in [0.15, 0.2) is 48.7 Å². The van der Waals surface area contributed by atoms with E-state index < -0.39 is 11.5 Å². The predicted molar refractivity (Wildman–Crippen MR) is 97.4 cm³/mol. The zero-order valence-corrected chi connectivity index (χ0v) is 14.4. The Hall–Kier alpha value is -2.44. The van der Waals surface area contributed by atoms with Crippen LogP contribution in [-0.2, 0) is 11.3 Å². The molecule has 1 aromatic carbocycles. The molecule has 2 heterocycles. The first-order valence-corrected chi connectivity index (χ1v) is 8.46. The second kappa shape index (κ2) is 7.21. The number of aromatic nitrogens is 1. The largest absolute Gasteiger partial charge is 0.379 e. The number of β-amino-alcohol motifs (C(OH)–C–C–N with tert-alkyl or cyclic N) is 1. The Balaban J connectivity index is 1.66. The van der Waals surface area contributed by atoms with Crippen molar-refractivity contribution in [1.29, 1.82) is 0 Å². The smallest absolute Gasteiger partial charge is 0.250 e. The van der Waals surface area contributed by atoms with Gasteiger partial charge in [0.25, 0.3) is 5.91 Å². The van der Waals surface area contributed by atoms with Gasteiger partial charge in [0.15, 0.2) is 5.60 Å². The molecule has 2 aromatic rings. The van der Waals surface area contributed by atoms with Crippen molar-refractivity contribution < 1.29 is 9.90 Å². The summed E-state index contributed by atoms with van der Waals surface area (Å²) >= 11 is 0. The number of carbonyl (C=O) groups is 1. The highest BCUT2D eigenvalue weighted by Gasteiger charge is 2.38. The van der Waals surface area contributed by atoms with Gasteiger partial charge >= 0.3 is 0 Å². The van der Waals surface area contributed by atoms with E-state index in [2.05, 4.69) is 4.98 Å². The molecule has 132 valence electrons. The molecule has 0 radical (unpaired) electrons. The summed E-state index contributed by atoms with van der Waals surface area (Å²) in [5.41, 5.74) is 6.03. The molecule has 6 nitrogen and oxygen atoms in total. The third kappa shape index (κ3) is 3.97. The Morgan fingerprint density at radius 1 is 1.32 bits per heavy atom. The maximum absolute atomic E-state index is 11.5. The summed E-state index contributed by atoms with van der Waals surface area (Å²) < 4.78 is 0. The van der Waals surface area contributed by atoms with Crippen molar-refractivity contribution in [3.63, 3.8) is 0 Å². The zero-order valence-electron chi connectivity index (χ0n) is 14.4. The predicted octanol–water partition coefficient (Wildman–Crippen LogP) is 1.66. The van der Waals surface area contributed by atoms with Gasteiger partial charge in [0.05, 0.1) is 0 Å². The maximum Gasteiger partial charge on any atom is 0.250 e. The van der Waals surface area contributed by atoms with Crippen molar-refractivity contribution in [2.75, 3.05) is 25.0 Å². The molecule has 0 bridgehead atoms. The van der Waals surface area contributed by atoms with E-state index in [1.54, 1.807) is 0 Å². The minimum atomic E-state index is -1.42. The number of benzene rings is 1. The highest BCUT2D eigenvalue weighted by Crippen LogP contribution is 2.24. The summed E-state index contributed by atoms with van der Waals surface area (Å²) in [6, 6.07) is 14.1. The number of aliphatic hydroxyl groups is 1. The zero-order chi connectivity index (χ0) is 17.9. The highest BCUT2D eigenvalue weighted by atomic mass is 16.3. The third-order valence-corrected chi connectivity index (χ3v) is 4.71. The average molecular weight is 340 g/mol. The Kier molecular flexibility index (Phi) is 5.01. The van der Waals surface area contributed by atoms with Crippen LogP contribution >= 0.6 is 0 Å². The standard InChI is InChI=1S/C19H24N4O2/c1-22(16-6-3-2-4-7-16)17-9-8-15(12-21-17)13-23-11-5-10-19(25,14-23)18(20)24/h2-4,6-9,12,25H,5,10-11,13-14H2,1H3,(H2,20,24)/t19-/m1/s1. The highest BCUT2D eigenvalue weighted by molar-refractivity contribution is 5.83. The van der Waals surface area contributed by atoms with Gasteiger partial charge in [-0.2, -0.15) is 0 Å². The molecule has 25 heavy (non-hydrogen) atoms. The normalized spacial score (nSPS) is 21.0. The van der Waals surface area contributed by atoms with Crippen LogP contribution in [0.2, 0.25) is 0 Å². The number of carbonyl (C=O) groups excluding carboxylic acids is 1. The van der Waals surface area contributed by atoms with Gasteiger partial charge in [-0.05, 0) is 43.1 Å². The lowest BCUT2D eigenvalue weighted by molar-refractivity contribution is -0.142. The quantitative estimate of drug-likeness (QED) is 0.865. The van der Waals surface area contributed by atoms with Crippen molar-refractivity contribution in [3.05, 3.63) is 54.2 Å². The fourth-order valence-electron chi connectivity index (χ4n) is 3.21. The molecular weight excluding hydrogens is 316 g/mol. The van der Waals surface area contributed by atoms with Crippen LogP contribution < -0.4 is 10.6 Å². The minimum absolute atomic E-state index is 0.272. The summed E-state index contributed by atoms with van der Waals surface area (Å²) in [6.07, 6.45) is 3.02. The number of piperidine rings is 1. The van der Waals surface area contributed by atoms with E-state index in [1.807, 2.05) is 65.5 Å². The van der Waals surface area contributed by atoms with Gasteiger partial charge in [-0.15, -0.1) is 0 Å². The lowest BCUT2D eigenvalue weighted by atomic mass is 9.92. The number of pyridine rings is 1. The second-order valence-electron chi connectivity index (χ2n) is 6.63. The Morgan fingerprint density at radius 3 is 2.72 bits per heavy atom. The van der Waals surface area contributed by atoms with Crippen LogP contribution in [-0.4, -0.2) is 46.6 Å². The maximum atomic E-state index is 11.5. The van der Waals surface area contributed by atoms with Gasteiger partial charge in [-0.3, -0.25) is 9.69 Å². The lowest BCUT2D eigenvalue weighted by Crippen LogP contribution is -2.55. The number of primary amides is 1. The van der Waals surface area contributed by atoms with E-state index in [4.69, 9.17) is 5.73 Å². The van der Waals surface area contributed by atoms with Gasteiger partial charge < -0.3 is 15.7 Å². The van der Waals surface area contributed by atoms with E-state index in [9.17, 15) is 9.90 Å². The fourth-order valence-corrected chi connectivity index (χ4v) is 3.21. The van der Waals surface area contributed by atoms with Crippen LogP contribution in [0.4, 0.5) is 11.5 Å². The first-order chi connectivity index (χ1) is 12.0. The van der Waals surface area contributed by atoms with Crippen LogP contribution in [0.5, 0.6) is 0 Å². The number of nitrogens with two attached hydrogens (primary N) is 1. The molecule has 1 atom stereocenters. The lowest BCUT2D eigenvalue weighted by Gasteiger charge is -2.37. The molecule has 3 N–H and O–H groups in total. The molecule has 0 aliphatic carbocycles. The average Bonchev–Trinajstić information content (AvgIpc) is 2.62. The van der Waals surface area contributed by atoms with Crippen LogP contribution in [0.3, 0.4) is 0 Å². The summed E-state index contributed by atoms with van der Waals surface area (Å²) in [7, 11) is 1.98. The number of anilines is 2. The van der Waals surface area contributed by atoms with E-state index in [0.717, 1.165) is 30.0 Å². The number of likely N-dealkylation sites (tertiary alicyclic amines) is 1. The number of nitrogens with zero attached hydrogens (tertiary/aromatic N) is 3. The van der Waals surface area contributed by atoms with Crippen molar-refractivity contribution >= 4 is 17.4 Å². The molecule has 0 spiro atoms. The summed E-state index contributed by atoms with van der Waals surface area (Å²) in [6.45, 7) is 1.74. The topological polar surface area (TPSA) is 82.7 Å². The first-order valence-electron chi connectivity index (χ1n) is 8.46. The van der Waals surface area contributed by atoms with E-state index >= 15 is 0 Å². The number of hydrogen-bond donors (Lipinski definition) is 2. The Bertz CT molecular complexity index is 720. The molecule has 1 fully saturated rings.